The zero-order valence-electron chi connectivity index (χ0n) is 11.7. The summed E-state index contributed by atoms with van der Waals surface area (Å²) in [5.74, 6) is 0.836. The molecule has 0 fully saturated rings. The van der Waals surface area contributed by atoms with Gasteiger partial charge in [-0.15, -0.1) is 10.2 Å². The maximum Gasteiger partial charge on any atom is 0.159 e. The second-order valence-corrected chi connectivity index (χ2v) is 5.05. The average Bonchev–Trinajstić information content (AvgIpc) is 2.55. The van der Waals surface area contributed by atoms with Crippen molar-refractivity contribution in [3.63, 3.8) is 0 Å². The van der Waals surface area contributed by atoms with E-state index >= 15 is 0 Å². The first-order chi connectivity index (χ1) is 10.3. The molecule has 4 nitrogen and oxygen atoms in total. The van der Waals surface area contributed by atoms with Gasteiger partial charge < -0.3 is 4.90 Å². The van der Waals surface area contributed by atoms with Crippen molar-refractivity contribution in [2.24, 2.45) is 0 Å². The third kappa shape index (κ3) is 2.81. The number of anilines is 1. The van der Waals surface area contributed by atoms with E-state index in [1.165, 1.54) is 0 Å². The minimum atomic E-state index is 0.434. The normalized spacial score (nSPS) is 10.8. The number of nitrogens with zero attached hydrogens (tertiary/aromatic N) is 4. The van der Waals surface area contributed by atoms with Gasteiger partial charge in [-0.3, -0.25) is 4.98 Å². The molecule has 0 aliphatic rings. The summed E-state index contributed by atoms with van der Waals surface area (Å²) < 4.78 is 0. The Hall–Kier alpha value is -2.20. The highest BCUT2D eigenvalue weighted by atomic mass is 35.5. The molecule has 21 heavy (non-hydrogen) atoms. The van der Waals surface area contributed by atoms with Crippen LogP contribution in [-0.2, 0) is 6.54 Å². The van der Waals surface area contributed by atoms with E-state index in [0.717, 1.165) is 28.8 Å². The topological polar surface area (TPSA) is 41.9 Å². The van der Waals surface area contributed by atoms with E-state index in [4.69, 9.17) is 11.6 Å². The van der Waals surface area contributed by atoms with Crippen molar-refractivity contribution in [3.8, 4) is 0 Å². The van der Waals surface area contributed by atoms with Gasteiger partial charge in [0.05, 0.1) is 12.2 Å². The van der Waals surface area contributed by atoms with Crippen LogP contribution < -0.4 is 4.90 Å². The Morgan fingerprint density at radius 2 is 1.76 bits per heavy atom. The highest BCUT2D eigenvalue weighted by Crippen LogP contribution is 2.28. The predicted molar refractivity (Wildman–Crippen MR) is 85.5 cm³/mol. The molecule has 2 aromatic heterocycles. The van der Waals surface area contributed by atoms with E-state index in [1.54, 1.807) is 6.20 Å². The van der Waals surface area contributed by atoms with E-state index < -0.39 is 0 Å². The Morgan fingerprint density at radius 3 is 2.48 bits per heavy atom. The van der Waals surface area contributed by atoms with E-state index in [1.807, 2.05) is 42.5 Å². The van der Waals surface area contributed by atoms with Gasteiger partial charge in [0.1, 0.15) is 0 Å². The number of halogens is 1. The first-order valence-electron chi connectivity index (χ1n) is 6.85. The summed E-state index contributed by atoms with van der Waals surface area (Å²) in [6, 6.07) is 13.8. The highest BCUT2D eigenvalue weighted by Gasteiger charge is 2.13. The third-order valence-electron chi connectivity index (χ3n) is 3.38. The van der Waals surface area contributed by atoms with Gasteiger partial charge >= 0.3 is 0 Å². The summed E-state index contributed by atoms with van der Waals surface area (Å²) in [6.07, 6.45) is 1.80. The van der Waals surface area contributed by atoms with Gasteiger partial charge in [0.25, 0.3) is 0 Å². The Morgan fingerprint density at radius 1 is 1.00 bits per heavy atom. The van der Waals surface area contributed by atoms with Gasteiger partial charge in [0.2, 0.25) is 0 Å². The summed E-state index contributed by atoms with van der Waals surface area (Å²) in [4.78, 5) is 6.52. The number of hydrogen-bond donors (Lipinski definition) is 0. The lowest BCUT2D eigenvalue weighted by atomic mass is 10.2. The van der Waals surface area contributed by atoms with Crippen LogP contribution >= 0.6 is 11.6 Å². The fraction of sp³-hybridized carbons (Fsp3) is 0.188. The molecule has 0 saturated carbocycles. The third-order valence-corrected chi connectivity index (χ3v) is 3.66. The molecule has 5 heteroatoms. The van der Waals surface area contributed by atoms with Crippen molar-refractivity contribution in [2.75, 3.05) is 11.4 Å². The van der Waals surface area contributed by atoms with Gasteiger partial charge in [0, 0.05) is 23.5 Å². The van der Waals surface area contributed by atoms with Crippen LogP contribution in [0.1, 0.15) is 12.6 Å². The zero-order valence-corrected chi connectivity index (χ0v) is 12.5. The molecule has 0 spiro atoms. The molecule has 0 aliphatic heterocycles. The maximum atomic E-state index is 6.13. The monoisotopic (exact) mass is 298 g/mol. The van der Waals surface area contributed by atoms with E-state index in [0.29, 0.717) is 11.7 Å². The van der Waals surface area contributed by atoms with Crippen LogP contribution in [0, 0.1) is 0 Å². The Kier molecular flexibility index (Phi) is 3.97. The quantitative estimate of drug-likeness (QED) is 0.736. The molecule has 2 heterocycles. The molecular formula is C16H15ClN4. The molecule has 0 aliphatic carbocycles. The number of rotatable bonds is 4. The van der Waals surface area contributed by atoms with Crippen LogP contribution in [-0.4, -0.2) is 21.7 Å². The van der Waals surface area contributed by atoms with Crippen molar-refractivity contribution in [1.82, 2.24) is 15.2 Å². The summed E-state index contributed by atoms with van der Waals surface area (Å²) >= 11 is 6.13. The van der Waals surface area contributed by atoms with Crippen LogP contribution in [0.2, 0.25) is 5.15 Å². The van der Waals surface area contributed by atoms with Crippen molar-refractivity contribution in [2.45, 2.75) is 13.5 Å². The van der Waals surface area contributed by atoms with Gasteiger partial charge in [0.15, 0.2) is 11.0 Å². The lowest BCUT2D eigenvalue weighted by molar-refractivity contribution is 0.785. The second-order valence-electron chi connectivity index (χ2n) is 4.70. The molecule has 1 aromatic carbocycles. The average molecular weight is 299 g/mol. The molecule has 0 saturated heterocycles. The minimum Gasteiger partial charge on any atom is -0.349 e. The molecular weight excluding hydrogens is 284 g/mol. The molecule has 0 unspecified atom stereocenters. The Bertz CT molecular complexity index is 746. The van der Waals surface area contributed by atoms with Gasteiger partial charge in [-0.05, 0) is 19.1 Å². The molecule has 0 amide bonds. The van der Waals surface area contributed by atoms with Crippen LogP contribution in [0.4, 0.5) is 5.82 Å². The molecule has 3 rings (SSSR count). The number of hydrogen-bond acceptors (Lipinski definition) is 4. The Labute approximate surface area is 128 Å². The first-order valence-corrected chi connectivity index (χ1v) is 7.23. The Balaban J connectivity index is 2.03. The van der Waals surface area contributed by atoms with Crippen molar-refractivity contribution in [3.05, 3.63) is 59.5 Å². The van der Waals surface area contributed by atoms with E-state index in [-0.39, 0.29) is 0 Å². The van der Waals surface area contributed by atoms with E-state index in [9.17, 15) is 0 Å². The molecule has 3 aromatic rings. The molecule has 0 N–H and O–H groups in total. The molecule has 0 atom stereocenters. The lowest BCUT2D eigenvalue weighted by Gasteiger charge is -2.22. The second kappa shape index (κ2) is 6.06. The SMILES string of the molecule is CCN(Cc1ccccn1)c1nnc(Cl)c2ccccc12. The van der Waals surface area contributed by atoms with Gasteiger partial charge in [-0.1, -0.05) is 41.9 Å². The molecule has 0 radical (unpaired) electrons. The van der Waals surface area contributed by atoms with Crippen molar-refractivity contribution in [1.29, 1.82) is 0 Å². The first kappa shape index (κ1) is 13.8. The fourth-order valence-corrected chi connectivity index (χ4v) is 2.52. The number of pyridine rings is 1. The predicted octanol–water partition coefficient (Wildman–Crippen LogP) is 3.70. The van der Waals surface area contributed by atoms with Gasteiger partial charge in [-0.25, -0.2) is 0 Å². The summed E-state index contributed by atoms with van der Waals surface area (Å²) in [7, 11) is 0. The summed E-state index contributed by atoms with van der Waals surface area (Å²) in [5, 5.41) is 10.7. The lowest BCUT2D eigenvalue weighted by Crippen LogP contribution is -2.24. The maximum absolute atomic E-state index is 6.13. The van der Waals surface area contributed by atoms with Crippen LogP contribution in [0.3, 0.4) is 0 Å². The number of benzene rings is 1. The highest BCUT2D eigenvalue weighted by molar-refractivity contribution is 6.34. The zero-order chi connectivity index (χ0) is 14.7. The largest absolute Gasteiger partial charge is 0.349 e. The fourth-order valence-electron chi connectivity index (χ4n) is 2.31. The molecule has 0 bridgehead atoms. The van der Waals surface area contributed by atoms with Crippen molar-refractivity contribution < 1.29 is 0 Å². The number of fused-ring (bicyclic) bond motifs is 1. The van der Waals surface area contributed by atoms with Crippen LogP contribution in [0.5, 0.6) is 0 Å². The van der Waals surface area contributed by atoms with Crippen LogP contribution in [0.25, 0.3) is 10.8 Å². The van der Waals surface area contributed by atoms with Gasteiger partial charge in [-0.2, -0.15) is 0 Å². The van der Waals surface area contributed by atoms with Crippen molar-refractivity contribution >= 4 is 28.2 Å². The molecule has 106 valence electrons. The van der Waals surface area contributed by atoms with E-state index in [2.05, 4.69) is 27.0 Å². The minimum absolute atomic E-state index is 0.434. The summed E-state index contributed by atoms with van der Waals surface area (Å²) in [5.41, 5.74) is 1.00. The smallest absolute Gasteiger partial charge is 0.159 e. The number of aromatic nitrogens is 3. The van der Waals surface area contributed by atoms with Crippen LogP contribution in [0.15, 0.2) is 48.7 Å². The summed E-state index contributed by atoms with van der Waals surface area (Å²) in [6.45, 7) is 3.60. The standard InChI is InChI=1S/C16H15ClN4/c1-2-21(11-12-7-5-6-10-18-12)16-14-9-4-3-8-13(14)15(17)19-20-16/h3-10H,2,11H2,1H3.